The maximum atomic E-state index is 12.7. The van der Waals surface area contributed by atoms with Crippen molar-refractivity contribution in [2.75, 3.05) is 5.75 Å². The minimum atomic E-state index is -3.53. The number of rotatable bonds is 2. The highest BCUT2D eigenvalue weighted by Gasteiger charge is 2.31. The van der Waals surface area contributed by atoms with Crippen LogP contribution in [0.4, 0.5) is 0 Å². The second-order valence-electron chi connectivity index (χ2n) is 7.23. The average molecular weight is 342 g/mol. The molecule has 2 aromatic carbocycles. The van der Waals surface area contributed by atoms with Gasteiger partial charge in [0.05, 0.1) is 10.6 Å². The van der Waals surface area contributed by atoms with Gasteiger partial charge in [0.1, 0.15) is 0 Å². The van der Waals surface area contributed by atoms with Gasteiger partial charge in [-0.15, -0.1) is 0 Å². The molecule has 5 heteroatoms. The Balaban J connectivity index is 2.13. The van der Waals surface area contributed by atoms with Gasteiger partial charge in [0.25, 0.3) is 0 Å². The van der Waals surface area contributed by atoms with Gasteiger partial charge in [-0.1, -0.05) is 45.0 Å². The van der Waals surface area contributed by atoms with Crippen molar-refractivity contribution in [3.63, 3.8) is 0 Å². The average Bonchev–Trinajstić information content (AvgIpc) is 2.50. The van der Waals surface area contributed by atoms with Crippen LogP contribution in [0, 0.1) is 5.41 Å². The van der Waals surface area contributed by atoms with Crippen LogP contribution in [0.3, 0.4) is 0 Å². The lowest BCUT2D eigenvalue weighted by Gasteiger charge is -2.20. The fraction of sp³-hybridized carbons (Fsp3) is 0.263. The summed E-state index contributed by atoms with van der Waals surface area (Å²) >= 11 is 0. The quantitative estimate of drug-likeness (QED) is 0.717. The van der Waals surface area contributed by atoms with Crippen LogP contribution in [0.25, 0.3) is 0 Å². The van der Waals surface area contributed by atoms with Crippen LogP contribution < -0.4 is 0 Å². The first-order valence-electron chi connectivity index (χ1n) is 7.65. The van der Waals surface area contributed by atoms with Gasteiger partial charge in [0.2, 0.25) is 0 Å². The summed E-state index contributed by atoms with van der Waals surface area (Å²) in [5.41, 5.74) is 0.698. The van der Waals surface area contributed by atoms with E-state index in [2.05, 4.69) is 0 Å². The number of hydrogen-bond donors (Lipinski definition) is 0. The first-order chi connectivity index (χ1) is 11.1. The number of benzene rings is 2. The Hall–Kier alpha value is -2.27. The van der Waals surface area contributed by atoms with Crippen molar-refractivity contribution >= 4 is 21.4 Å². The second kappa shape index (κ2) is 5.38. The van der Waals surface area contributed by atoms with Crippen molar-refractivity contribution in [3.05, 3.63) is 64.7 Å². The van der Waals surface area contributed by atoms with Crippen molar-refractivity contribution in [1.82, 2.24) is 0 Å². The SMILES string of the molecule is CC(C)(C)CS(=O)(=O)c1ccc2c(c1)C(=O)c1ccccc1C2=O. The molecule has 2 aromatic rings. The summed E-state index contributed by atoms with van der Waals surface area (Å²) in [6.07, 6.45) is 0. The summed E-state index contributed by atoms with van der Waals surface area (Å²) in [5.74, 6) is -0.592. The molecule has 124 valence electrons. The van der Waals surface area contributed by atoms with Crippen LogP contribution in [-0.2, 0) is 9.84 Å². The van der Waals surface area contributed by atoms with Crippen LogP contribution in [0.5, 0.6) is 0 Å². The summed E-state index contributed by atoms with van der Waals surface area (Å²) in [4.78, 5) is 25.3. The highest BCUT2D eigenvalue weighted by molar-refractivity contribution is 7.91. The number of sulfone groups is 1. The van der Waals surface area contributed by atoms with Gasteiger partial charge in [0, 0.05) is 22.3 Å². The summed E-state index contributed by atoms with van der Waals surface area (Å²) < 4.78 is 25.1. The van der Waals surface area contributed by atoms with Crippen molar-refractivity contribution in [1.29, 1.82) is 0 Å². The van der Waals surface area contributed by atoms with Crippen molar-refractivity contribution in [3.8, 4) is 0 Å². The van der Waals surface area contributed by atoms with E-state index in [0.29, 0.717) is 11.1 Å². The van der Waals surface area contributed by atoms with E-state index in [1.807, 2.05) is 20.8 Å². The van der Waals surface area contributed by atoms with Crippen molar-refractivity contribution in [2.45, 2.75) is 25.7 Å². The van der Waals surface area contributed by atoms with Gasteiger partial charge < -0.3 is 0 Å². The molecule has 24 heavy (non-hydrogen) atoms. The van der Waals surface area contributed by atoms with E-state index in [9.17, 15) is 18.0 Å². The van der Waals surface area contributed by atoms with Crippen LogP contribution in [-0.4, -0.2) is 25.7 Å². The first kappa shape index (κ1) is 16.6. The smallest absolute Gasteiger partial charge is 0.194 e. The summed E-state index contributed by atoms with van der Waals surface area (Å²) in [7, 11) is -3.53. The minimum absolute atomic E-state index is 0.0302. The number of fused-ring (bicyclic) bond motifs is 2. The Morgan fingerprint density at radius 3 is 1.83 bits per heavy atom. The zero-order chi connectivity index (χ0) is 17.7. The van der Waals surface area contributed by atoms with Gasteiger partial charge in [0.15, 0.2) is 21.4 Å². The first-order valence-corrected chi connectivity index (χ1v) is 9.31. The van der Waals surface area contributed by atoms with Gasteiger partial charge >= 0.3 is 0 Å². The third-order valence-corrected chi connectivity index (χ3v) is 6.10. The molecule has 0 heterocycles. The third-order valence-electron chi connectivity index (χ3n) is 3.88. The lowest BCUT2D eigenvalue weighted by Crippen LogP contribution is -2.23. The number of carbonyl (C=O) groups excluding carboxylic acids is 2. The number of hydrogen-bond acceptors (Lipinski definition) is 4. The molecule has 0 radical (unpaired) electrons. The maximum Gasteiger partial charge on any atom is 0.194 e. The molecular formula is C19H18O4S. The topological polar surface area (TPSA) is 68.3 Å². The Morgan fingerprint density at radius 2 is 1.29 bits per heavy atom. The Morgan fingerprint density at radius 1 is 0.792 bits per heavy atom. The van der Waals surface area contributed by atoms with Crippen molar-refractivity contribution in [2.24, 2.45) is 5.41 Å². The van der Waals surface area contributed by atoms with Crippen LogP contribution in [0.2, 0.25) is 0 Å². The second-order valence-corrected chi connectivity index (χ2v) is 9.22. The molecule has 0 saturated carbocycles. The molecule has 4 nitrogen and oxygen atoms in total. The van der Waals surface area contributed by atoms with E-state index in [1.54, 1.807) is 24.3 Å². The molecule has 0 fully saturated rings. The van der Waals surface area contributed by atoms with Crippen LogP contribution in [0.1, 0.15) is 52.6 Å². The Kier molecular flexibility index (Phi) is 3.72. The van der Waals surface area contributed by atoms with Gasteiger partial charge in [-0.25, -0.2) is 8.42 Å². The molecule has 0 unspecified atom stereocenters. The van der Waals surface area contributed by atoms with Crippen LogP contribution in [0.15, 0.2) is 47.4 Å². The number of ketones is 2. The monoisotopic (exact) mass is 342 g/mol. The Labute approximate surface area is 141 Å². The molecule has 0 spiro atoms. The molecule has 0 N–H and O–H groups in total. The fourth-order valence-corrected chi connectivity index (χ4v) is 4.80. The van der Waals surface area contributed by atoms with Gasteiger partial charge in [-0.3, -0.25) is 9.59 Å². The molecule has 0 aliphatic heterocycles. The zero-order valence-electron chi connectivity index (χ0n) is 13.8. The highest BCUT2D eigenvalue weighted by Crippen LogP contribution is 2.30. The fourth-order valence-electron chi connectivity index (χ4n) is 2.93. The molecule has 1 aliphatic carbocycles. The predicted octanol–water partition coefficient (Wildman–Crippen LogP) is 3.28. The van der Waals surface area contributed by atoms with Gasteiger partial charge in [-0.05, 0) is 23.6 Å². The Bertz CT molecular complexity index is 963. The maximum absolute atomic E-state index is 12.7. The summed E-state index contributed by atoms with van der Waals surface area (Å²) in [5, 5.41) is 0. The zero-order valence-corrected chi connectivity index (χ0v) is 14.6. The van der Waals surface area contributed by atoms with Crippen LogP contribution >= 0.6 is 0 Å². The molecule has 0 amide bonds. The standard InChI is InChI=1S/C19H18O4S/c1-19(2,3)11-24(22,23)12-8-9-15-16(10-12)18(21)14-7-5-4-6-13(14)17(15)20/h4-10H,11H2,1-3H3. The normalized spacial score (nSPS) is 14.3. The highest BCUT2D eigenvalue weighted by atomic mass is 32.2. The van der Waals surface area contributed by atoms with E-state index in [4.69, 9.17) is 0 Å². The molecule has 0 aromatic heterocycles. The summed E-state index contributed by atoms with van der Waals surface area (Å²) in [6, 6.07) is 10.8. The van der Waals surface area contributed by atoms with E-state index in [-0.39, 0.29) is 33.3 Å². The molecule has 1 aliphatic rings. The summed E-state index contributed by atoms with van der Waals surface area (Å²) in [6.45, 7) is 5.52. The van der Waals surface area contributed by atoms with E-state index in [1.165, 1.54) is 18.2 Å². The molecular weight excluding hydrogens is 324 g/mol. The molecule has 0 bridgehead atoms. The van der Waals surface area contributed by atoms with E-state index < -0.39 is 15.3 Å². The van der Waals surface area contributed by atoms with E-state index in [0.717, 1.165) is 0 Å². The lowest BCUT2D eigenvalue weighted by atomic mass is 9.84. The lowest BCUT2D eigenvalue weighted by molar-refractivity contribution is 0.0979. The van der Waals surface area contributed by atoms with Gasteiger partial charge in [-0.2, -0.15) is 0 Å². The van der Waals surface area contributed by atoms with Crippen molar-refractivity contribution < 1.29 is 18.0 Å². The van der Waals surface area contributed by atoms with E-state index >= 15 is 0 Å². The molecule has 3 rings (SSSR count). The predicted molar refractivity (Wildman–Crippen MR) is 91.3 cm³/mol. The molecule has 0 saturated heterocycles. The minimum Gasteiger partial charge on any atom is -0.289 e. The molecule has 0 atom stereocenters. The third kappa shape index (κ3) is 2.80. The largest absolute Gasteiger partial charge is 0.289 e. The number of carbonyl (C=O) groups is 2.